The molecule has 2 rings (SSSR count). The molecule has 1 N–H and O–H groups in total. The Hall–Kier alpha value is -2.46. The first-order valence-corrected chi connectivity index (χ1v) is 8.07. The first-order valence-electron chi connectivity index (χ1n) is 7.09. The summed E-state index contributed by atoms with van der Waals surface area (Å²) in [6, 6.07) is 8.89. The first-order chi connectivity index (χ1) is 11.0. The minimum absolute atomic E-state index is 0.000767. The minimum Gasteiger partial charge on any atom is -0.308 e. The van der Waals surface area contributed by atoms with E-state index in [-0.39, 0.29) is 22.8 Å². The molecule has 0 aliphatic carbocycles. The number of Topliss-reactive ketones (excluding diaryl/α,β-unsaturated/α-hetero) is 1. The molecule has 0 fully saturated rings. The van der Waals surface area contributed by atoms with Crippen LogP contribution in [0, 0.1) is 22.7 Å². The van der Waals surface area contributed by atoms with E-state index in [4.69, 9.17) is 10.7 Å². The second-order valence-electron chi connectivity index (χ2n) is 4.96. The van der Waals surface area contributed by atoms with Gasteiger partial charge in [0.15, 0.2) is 10.9 Å². The third kappa shape index (κ3) is 3.48. The highest BCUT2D eigenvalue weighted by molar-refractivity contribution is 7.99. The van der Waals surface area contributed by atoms with E-state index in [0.29, 0.717) is 22.6 Å². The van der Waals surface area contributed by atoms with E-state index in [0.717, 1.165) is 11.8 Å². The quantitative estimate of drug-likeness (QED) is 0.498. The van der Waals surface area contributed by atoms with E-state index in [9.17, 15) is 9.59 Å². The van der Waals surface area contributed by atoms with Gasteiger partial charge in [0.1, 0.15) is 5.92 Å². The number of hydrogen-bond donors (Lipinski definition) is 1. The van der Waals surface area contributed by atoms with Gasteiger partial charge < -0.3 is 5.41 Å². The van der Waals surface area contributed by atoms with Crippen molar-refractivity contribution in [1.82, 2.24) is 9.55 Å². The fourth-order valence-electron chi connectivity index (χ4n) is 2.17. The Morgan fingerprint density at radius 2 is 2.17 bits per heavy atom. The number of rotatable bonds is 6. The second kappa shape index (κ2) is 7.20. The van der Waals surface area contributed by atoms with E-state index in [1.54, 1.807) is 24.3 Å². The number of nitrogens with zero attached hydrogens (tertiary/aromatic N) is 3. The normalized spacial score (nSPS) is 11.9. The SMILES string of the molecule is CCn1c(SCC(=O)[C@H](C#N)C(C)=N)nc2ccccc2c1=O. The van der Waals surface area contributed by atoms with Crippen molar-refractivity contribution < 1.29 is 4.79 Å². The summed E-state index contributed by atoms with van der Waals surface area (Å²) < 4.78 is 1.51. The number of carbonyl (C=O) groups is 1. The fraction of sp³-hybridized carbons (Fsp3) is 0.312. The van der Waals surface area contributed by atoms with Crippen molar-refractivity contribution in [2.75, 3.05) is 5.75 Å². The molecule has 1 aromatic carbocycles. The van der Waals surface area contributed by atoms with Gasteiger partial charge in [-0.1, -0.05) is 23.9 Å². The maximum absolute atomic E-state index is 12.5. The number of ketones is 1. The van der Waals surface area contributed by atoms with Gasteiger partial charge in [-0.3, -0.25) is 14.2 Å². The number of fused-ring (bicyclic) bond motifs is 1. The summed E-state index contributed by atoms with van der Waals surface area (Å²) in [5, 5.41) is 17.4. The van der Waals surface area contributed by atoms with Gasteiger partial charge in [-0.05, 0) is 26.0 Å². The molecule has 7 heteroatoms. The van der Waals surface area contributed by atoms with Crippen LogP contribution in [0.1, 0.15) is 13.8 Å². The molecule has 23 heavy (non-hydrogen) atoms. The van der Waals surface area contributed by atoms with Crippen molar-refractivity contribution in [2.45, 2.75) is 25.5 Å². The molecule has 0 bridgehead atoms. The van der Waals surface area contributed by atoms with Gasteiger partial charge in [-0.25, -0.2) is 4.98 Å². The monoisotopic (exact) mass is 328 g/mol. The number of nitriles is 1. The topological polar surface area (TPSA) is 99.6 Å². The van der Waals surface area contributed by atoms with Crippen LogP contribution in [0.15, 0.2) is 34.2 Å². The number of para-hydroxylation sites is 1. The Bertz CT molecular complexity index is 866. The molecule has 1 heterocycles. The van der Waals surface area contributed by atoms with Gasteiger partial charge in [-0.15, -0.1) is 0 Å². The predicted molar refractivity (Wildman–Crippen MR) is 89.9 cm³/mol. The summed E-state index contributed by atoms with van der Waals surface area (Å²) in [5.74, 6) is -1.39. The summed E-state index contributed by atoms with van der Waals surface area (Å²) in [4.78, 5) is 28.9. The van der Waals surface area contributed by atoms with E-state index >= 15 is 0 Å². The van der Waals surface area contributed by atoms with Crippen molar-refractivity contribution in [3.8, 4) is 6.07 Å². The third-order valence-electron chi connectivity index (χ3n) is 3.37. The molecule has 0 spiro atoms. The highest BCUT2D eigenvalue weighted by Gasteiger charge is 2.21. The molecule has 0 aliphatic heterocycles. The molecule has 118 valence electrons. The van der Waals surface area contributed by atoms with Gasteiger partial charge in [-0.2, -0.15) is 5.26 Å². The van der Waals surface area contributed by atoms with Crippen molar-refractivity contribution in [3.05, 3.63) is 34.6 Å². The van der Waals surface area contributed by atoms with E-state index in [1.807, 2.05) is 13.0 Å². The Balaban J connectivity index is 2.34. The van der Waals surface area contributed by atoms with Crippen LogP contribution in [-0.2, 0) is 11.3 Å². The van der Waals surface area contributed by atoms with Crippen LogP contribution in [0.3, 0.4) is 0 Å². The van der Waals surface area contributed by atoms with Crippen molar-refractivity contribution >= 4 is 34.2 Å². The molecule has 6 nitrogen and oxygen atoms in total. The standard InChI is InChI=1S/C16H16N4O2S/c1-3-20-15(22)11-6-4-5-7-13(11)19-16(20)23-9-14(21)12(8-17)10(2)18/h4-7,12,18H,3,9H2,1-2H3/t12-/m1/s1. The first kappa shape index (κ1) is 16.9. The maximum atomic E-state index is 12.5. The van der Waals surface area contributed by atoms with Gasteiger partial charge >= 0.3 is 0 Å². The number of nitrogens with one attached hydrogen (secondary N) is 1. The van der Waals surface area contributed by atoms with Crippen LogP contribution in [0.4, 0.5) is 0 Å². The lowest BCUT2D eigenvalue weighted by atomic mass is 10.0. The summed E-state index contributed by atoms with van der Waals surface area (Å²) in [6.45, 7) is 3.72. The minimum atomic E-state index is -1.04. The molecule has 0 saturated carbocycles. The molecule has 0 amide bonds. The average molecular weight is 328 g/mol. The number of thioether (sulfide) groups is 1. The van der Waals surface area contributed by atoms with Crippen LogP contribution in [-0.4, -0.2) is 26.8 Å². The van der Waals surface area contributed by atoms with Gasteiger partial charge in [0.25, 0.3) is 5.56 Å². The van der Waals surface area contributed by atoms with Crippen molar-refractivity contribution in [2.24, 2.45) is 5.92 Å². The Labute approximate surface area is 137 Å². The molecule has 0 radical (unpaired) electrons. The Morgan fingerprint density at radius 3 is 2.78 bits per heavy atom. The van der Waals surface area contributed by atoms with Crippen LogP contribution >= 0.6 is 11.8 Å². The Kier molecular flexibility index (Phi) is 5.29. The molecule has 0 aliphatic rings. The van der Waals surface area contributed by atoms with E-state index in [1.165, 1.54) is 11.5 Å². The molecule has 2 aromatic rings. The summed E-state index contributed by atoms with van der Waals surface area (Å²) in [5.41, 5.74) is 0.461. The van der Waals surface area contributed by atoms with Crippen molar-refractivity contribution in [3.63, 3.8) is 0 Å². The second-order valence-corrected chi connectivity index (χ2v) is 5.90. The van der Waals surface area contributed by atoms with Gasteiger partial charge in [0, 0.05) is 12.3 Å². The Morgan fingerprint density at radius 1 is 1.48 bits per heavy atom. The van der Waals surface area contributed by atoms with Crippen LogP contribution < -0.4 is 5.56 Å². The zero-order chi connectivity index (χ0) is 17.0. The largest absolute Gasteiger partial charge is 0.308 e. The van der Waals surface area contributed by atoms with Crippen LogP contribution in [0.2, 0.25) is 0 Å². The number of aromatic nitrogens is 2. The molecular weight excluding hydrogens is 312 g/mol. The highest BCUT2D eigenvalue weighted by atomic mass is 32.2. The maximum Gasteiger partial charge on any atom is 0.262 e. The molecule has 1 atom stereocenters. The number of carbonyl (C=O) groups excluding carboxylic acids is 1. The zero-order valence-electron chi connectivity index (χ0n) is 12.9. The van der Waals surface area contributed by atoms with Crippen LogP contribution in [0.5, 0.6) is 0 Å². The van der Waals surface area contributed by atoms with E-state index < -0.39 is 5.92 Å². The smallest absolute Gasteiger partial charge is 0.262 e. The van der Waals surface area contributed by atoms with Crippen molar-refractivity contribution in [1.29, 1.82) is 10.7 Å². The van der Waals surface area contributed by atoms with E-state index in [2.05, 4.69) is 4.98 Å². The summed E-state index contributed by atoms with van der Waals surface area (Å²) in [6.07, 6.45) is 0. The lowest BCUT2D eigenvalue weighted by Gasteiger charge is -2.11. The summed E-state index contributed by atoms with van der Waals surface area (Å²) >= 11 is 1.12. The van der Waals surface area contributed by atoms with Gasteiger partial charge in [0.05, 0.1) is 22.7 Å². The summed E-state index contributed by atoms with van der Waals surface area (Å²) in [7, 11) is 0. The molecule has 0 unspecified atom stereocenters. The average Bonchev–Trinajstić information content (AvgIpc) is 2.53. The van der Waals surface area contributed by atoms with Crippen LogP contribution in [0.25, 0.3) is 10.9 Å². The number of hydrogen-bond acceptors (Lipinski definition) is 6. The lowest BCUT2D eigenvalue weighted by molar-refractivity contribution is -0.117. The number of benzene rings is 1. The lowest BCUT2D eigenvalue weighted by Crippen LogP contribution is -2.24. The molecule has 1 aromatic heterocycles. The predicted octanol–water partition coefficient (Wildman–Crippen LogP) is 2.26. The van der Waals surface area contributed by atoms with Gasteiger partial charge in [0.2, 0.25) is 0 Å². The molecule has 0 saturated heterocycles. The highest BCUT2D eigenvalue weighted by Crippen LogP contribution is 2.19. The zero-order valence-corrected chi connectivity index (χ0v) is 13.7. The fourth-order valence-corrected chi connectivity index (χ4v) is 3.13. The molecular formula is C16H16N4O2S. The third-order valence-corrected chi connectivity index (χ3v) is 4.37.